The maximum absolute atomic E-state index is 13.8. The van der Waals surface area contributed by atoms with Gasteiger partial charge in [-0.15, -0.1) is 0 Å². The number of piperazine rings is 1. The Morgan fingerprint density at radius 3 is 2.60 bits per heavy atom. The molecule has 1 amide bonds. The first-order valence-corrected chi connectivity index (χ1v) is 11.0. The van der Waals surface area contributed by atoms with E-state index in [1.165, 1.54) is 30.5 Å². The summed E-state index contributed by atoms with van der Waals surface area (Å²) in [6.45, 7) is 1.97. The number of hydrogen-bond acceptors (Lipinski definition) is 6. The Morgan fingerprint density at radius 2 is 1.97 bits per heavy atom. The van der Waals surface area contributed by atoms with Gasteiger partial charge in [0, 0.05) is 56.1 Å². The van der Waals surface area contributed by atoms with Crippen LogP contribution in [0.15, 0.2) is 53.9 Å². The molecule has 1 fully saturated rings. The van der Waals surface area contributed by atoms with E-state index in [9.17, 15) is 32.5 Å². The zero-order valence-corrected chi connectivity index (χ0v) is 19.1. The second-order valence-electron chi connectivity index (χ2n) is 8.23. The smallest absolute Gasteiger partial charge is 0.399 e. The molecule has 12 heteroatoms. The Kier molecular flexibility index (Phi) is 8.49. The van der Waals surface area contributed by atoms with Gasteiger partial charge < -0.3 is 19.9 Å². The van der Waals surface area contributed by atoms with E-state index in [-0.39, 0.29) is 35.6 Å². The third-order valence-corrected chi connectivity index (χ3v) is 5.59. The van der Waals surface area contributed by atoms with Crippen molar-refractivity contribution in [2.45, 2.75) is 12.6 Å². The first-order chi connectivity index (χ1) is 16.6. The van der Waals surface area contributed by atoms with Gasteiger partial charge in [-0.2, -0.15) is 13.2 Å². The van der Waals surface area contributed by atoms with Crippen LogP contribution < -0.4 is 10.1 Å². The van der Waals surface area contributed by atoms with Crippen LogP contribution >= 0.6 is 0 Å². The summed E-state index contributed by atoms with van der Waals surface area (Å²) in [4.78, 5) is 27.2. The lowest BCUT2D eigenvalue weighted by atomic mass is 9.92. The highest BCUT2D eigenvalue weighted by molar-refractivity contribution is 5.96. The highest BCUT2D eigenvalue weighted by atomic mass is 19.4. The van der Waals surface area contributed by atoms with E-state index in [4.69, 9.17) is 4.74 Å². The van der Waals surface area contributed by atoms with Crippen molar-refractivity contribution in [1.29, 1.82) is 0 Å². The van der Waals surface area contributed by atoms with Crippen LogP contribution in [0.3, 0.4) is 0 Å². The molecule has 0 aromatic heterocycles. The molecule has 1 N–H and O–H groups in total. The van der Waals surface area contributed by atoms with Crippen molar-refractivity contribution in [2.75, 3.05) is 46.5 Å². The molecule has 1 aliphatic carbocycles. The summed E-state index contributed by atoms with van der Waals surface area (Å²) in [6.07, 6.45) is 0.577. The number of allylic oxidation sites excluding steroid dienone is 4. The zero-order chi connectivity index (χ0) is 25.6. The number of halogens is 4. The summed E-state index contributed by atoms with van der Waals surface area (Å²) in [5, 5.41) is 13.7. The predicted octanol–water partition coefficient (Wildman–Crippen LogP) is 3.83. The highest BCUT2D eigenvalue weighted by Gasteiger charge is 2.41. The number of nitrogens with zero attached hydrogens (tertiary/aromatic N) is 3. The Bertz CT molecular complexity index is 1030. The van der Waals surface area contributed by atoms with Crippen LogP contribution in [-0.2, 0) is 0 Å². The summed E-state index contributed by atoms with van der Waals surface area (Å²) in [5.41, 5.74) is -0.648. The maximum Gasteiger partial charge on any atom is 0.399 e. The summed E-state index contributed by atoms with van der Waals surface area (Å²) in [7, 11) is 1.95. The van der Waals surface area contributed by atoms with E-state index >= 15 is 0 Å². The van der Waals surface area contributed by atoms with E-state index < -0.39 is 35.3 Å². The second-order valence-corrected chi connectivity index (χ2v) is 8.23. The molecule has 190 valence electrons. The number of amides is 1. The fraction of sp³-hybridized carbons (Fsp3) is 0.435. The number of hydrogen-bond donors (Lipinski definition) is 1. The average molecular weight is 498 g/mol. The third-order valence-electron chi connectivity index (χ3n) is 5.59. The number of ether oxygens (including phenoxy) is 1. The van der Waals surface area contributed by atoms with Gasteiger partial charge in [0.05, 0.1) is 18.2 Å². The molecule has 1 saturated heterocycles. The van der Waals surface area contributed by atoms with Crippen LogP contribution in [-0.4, -0.2) is 73.3 Å². The molecule has 0 radical (unpaired) electrons. The average Bonchev–Trinajstić information content (AvgIpc) is 2.81. The van der Waals surface area contributed by atoms with E-state index in [0.717, 1.165) is 25.2 Å². The fourth-order valence-electron chi connectivity index (χ4n) is 3.64. The van der Waals surface area contributed by atoms with E-state index in [2.05, 4.69) is 10.2 Å². The molecule has 0 spiro atoms. The van der Waals surface area contributed by atoms with E-state index in [1.54, 1.807) is 0 Å². The van der Waals surface area contributed by atoms with Crippen LogP contribution in [0, 0.1) is 16.0 Å². The van der Waals surface area contributed by atoms with Crippen molar-refractivity contribution in [3.63, 3.8) is 0 Å². The summed E-state index contributed by atoms with van der Waals surface area (Å²) in [6, 6.07) is 3.42. The lowest BCUT2D eigenvalue weighted by molar-refractivity contribution is -0.385. The Balaban J connectivity index is 1.76. The van der Waals surface area contributed by atoms with Gasteiger partial charge in [-0.05, 0) is 36.9 Å². The number of rotatable bonds is 8. The molecule has 1 aliphatic heterocycles. The number of nitro groups is 1. The van der Waals surface area contributed by atoms with Gasteiger partial charge in [-0.25, -0.2) is 0 Å². The molecular weight excluding hydrogens is 472 g/mol. The van der Waals surface area contributed by atoms with Crippen LogP contribution in [0.5, 0.6) is 5.75 Å². The minimum absolute atomic E-state index is 0.0471. The van der Waals surface area contributed by atoms with Crippen molar-refractivity contribution in [3.05, 3.63) is 69.6 Å². The number of nitro benzene ring substituents is 1. The summed E-state index contributed by atoms with van der Waals surface area (Å²) in [5.74, 6) is -2.86. The molecule has 2 aliphatic rings. The Labute approximate surface area is 199 Å². The summed E-state index contributed by atoms with van der Waals surface area (Å²) < 4.78 is 58.8. The van der Waals surface area contributed by atoms with Crippen molar-refractivity contribution in [3.8, 4) is 5.75 Å². The minimum Gasteiger partial charge on any atom is -0.487 e. The largest absolute Gasteiger partial charge is 0.487 e. The van der Waals surface area contributed by atoms with Crippen LogP contribution in [0.25, 0.3) is 0 Å². The number of nitrogens with one attached hydrogen (secondary N) is 1. The molecule has 35 heavy (non-hydrogen) atoms. The van der Waals surface area contributed by atoms with Crippen molar-refractivity contribution < 1.29 is 32.0 Å². The van der Waals surface area contributed by atoms with Gasteiger partial charge >= 0.3 is 11.9 Å². The second kappa shape index (κ2) is 11.3. The quantitative estimate of drug-likeness (QED) is 0.254. The first kappa shape index (κ1) is 26.2. The van der Waals surface area contributed by atoms with Gasteiger partial charge in [0.1, 0.15) is 5.92 Å². The van der Waals surface area contributed by atoms with Crippen molar-refractivity contribution in [1.82, 2.24) is 15.1 Å². The number of alkyl halides is 4. The molecule has 1 aromatic carbocycles. The number of likely N-dealkylation sites (N-methyl/N-ethyl adjacent to an activating group) is 1. The third kappa shape index (κ3) is 7.04. The van der Waals surface area contributed by atoms with Crippen molar-refractivity contribution >= 4 is 11.6 Å². The topological polar surface area (TPSA) is 88.0 Å². The van der Waals surface area contributed by atoms with Gasteiger partial charge in [-0.3, -0.25) is 19.3 Å². The molecular formula is C23H26F4N4O4. The lowest BCUT2D eigenvalue weighted by Crippen LogP contribution is -2.42. The number of carbonyl (C=O) groups is 1. The molecule has 1 atom stereocenters. The number of carbonyl (C=O) groups excluding carboxylic acids is 1. The lowest BCUT2D eigenvalue weighted by Gasteiger charge is -2.33. The molecule has 8 nitrogen and oxygen atoms in total. The molecule has 1 aromatic rings. The monoisotopic (exact) mass is 498 g/mol. The Morgan fingerprint density at radius 1 is 1.26 bits per heavy atom. The van der Waals surface area contributed by atoms with Crippen molar-refractivity contribution in [2.24, 2.45) is 5.92 Å². The van der Waals surface area contributed by atoms with Crippen LogP contribution in [0.2, 0.25) is 0 Å². The highest BCUT2D eigenvalue weighted by Crippen LogP contribution is 2.37. The SMILES string of the molecule is CN1CCN(C=C2C=CC(NC(=O)c3ccc(OCCCF)c([N+](=O)[O-])c3)=CC2C(F)(F)F)CC1. The standard InChI is InChI=1S/C23H26F4N4O4/c1-29-8-10-30(11-9-29)15-17-3-5-18(14-19(17)23(25,26)27)28-22(32)16-4-6-21(35-12-2-7-24)20(13-16)31(33)34/h3-6,13-15,19H,2,7-12H2,1H3,(H,28,32). The zero-order valence-electron chi connectivity index (χ0n) is 19.1. The van der Waals surface area contributed by atoms with E-state index in [0.29, 0.717) is 13.1 Å². The molecule has 0 bridgehead atoms. The van der Waals surface area contributed by atoms with Gasteiger partial charge in [-0.1, -0.05) is 6.08 Å². The molecule has 3 rings (SSSR count). The predicted molar refractivity (Wildman–Crippen MR) is 121 cm³/mol. The maximum atomic E-state index is 13.8. The van der Waals surface area contributed by atoms with Crippen LogP contribution in [0.4, 0.5) is 23.2 Å². The number of benzene rings is 1. The first-order valence-electron chi connectivity index (χ1n) is 11.0. The molecule has 0 saturated carbocycles. The van der Waals surface area contributed by atoms with Crippen LogP contribution in [0.1, 0.15) is 16.8 Å². The van der Waals surface area contributed by atoms with Gasteiger partial charge in [0.2, 0.25) is 0 Å². The minimum atomic E-state index is -4.57. The Hall–Kier alpha value is -3.41. The molecule has 1 unspecified atom stereocenters. The molecule has 1 heterocycles. The van der Waals surface area contributed by atoms with E-state index in [1.807, 2.05) is 11.9 Å². The van der Waals surface area contributed by atoms with Gasteiger partial charge in [0.15, 0.2) is 5.75 Å². The summed E-state index contributed by atoms with van der Waals surface area (Å²) >= 11 is 0. The fourth-order valence-corrected chi connectivity index (χ4v) is 3.64. The normalized spacial score (nSPS) is 20.0. The van der Waals surface area contributed by atoms with Gasteiger partial charge in [0.25, 0.3) is 5.91 Å².